The predicted molar refractivity (Wildman–Crippen MR) is 71.2 cm³/mol. The van der Waals surface area contributed by atoms with Crippen LogP contribution in [0.4, 0.5) is 5.69 Å². The van der Waals surface area contributed by atoms with Gasteiger partial charge in [-0.2, -0.15) is 5.10 Å². The molecule has 0 saturated carbocycles. The summed E-state index contributed by atoms with van der Waals surface area (Å²) in [4.78, 5) is 22.9. The minimum Gasteiger partial charge on any atom is -0.366 e. The monoisotopic (exact) mass is 278 g/mol. The number of H-pyrrole nitrogens is 1. The summed E-state index contributed by atoms with van der Waals surface area (Å²) in [5, 5.41) is 9.28. The summed E-state index contributed by atoms with van der Waals surface area (Å²) < 4.78 is 0. The van der Waals surface area contributed by atoms with E-state index in [1.165, 1.54) is 18.3 Å². The number of nitrogens with one attached hydrogen (secondary N) is 2. The van der Waals surface area contributed by atoms with Gasteiger partial charge in [-0.3, -0.25) is 14.7 Å². The molecule has 19 heavy (non-hydrogen) atoms. The highest BCUT2D eigenvalue weighted by Crippen LogP contribution is 2.21. The molecule has 98 valence electrons. The predicted octanol–water partition coefficient (Wildman–Crippen LogP) is 1.72. The van der Waals surface area contributed by atoms with Gasteiger partial charge in [0.15, 0.2) is 0 Å². The first-order valence-electron chi connectivity index (χ1n) is 5.39. The van der Waals surface area contributed by atoms with Crippen molar-refractivity contribution in [2.24, 2.45) is 5.73 Å². The van der Waals surface area contributed by atoms with E-state index in [1.807, 2.05) is 0 Å². The highest BCUT2D eigenvalue weighted by molar-refractivity contribution is 6.34. The van der Waals surface area contributed by atoms with Crippen molar-refractivity contribution in [2.75, 3.05) is 5.32 Å². The molecular formula is C12H11ClN4O2. The van der Waals surface area contributed by atoms with Crippen LogP contribution >= 0.6 is 11.6 Å². The number of benzene rings is 1. The highest BCUT2D eigenvalue weighted by atomic mass is 35.5. The Labute approximate surface area is 113 Å². The normalized spacial score (nSPS) is 10.2. The minimum atomic E-state index is -0.617. The van der Waals surface area contributed by atoms with Gasteiger partial charge >= 0.3 is 0 Å². The second-order valence-electron chi connectivity index (χ2n) is 3.92. The van der Waals surface area contributed by atoms with Crippen molar-refractivity contribution in [3.63, 3.8) is 0 Å². The molecule has 4 N–H and O–H groups in total. The lowest BCUT2D eigenvalue weighted by atomic mass is 10.2. The number of amides is 2. The summed E-state index contributed by atoms with van der Waals surface area (Å²) in [6, 6.07) is 4.48. The molecule has 0 aliphatic heterocycles. The molecule has 0 aliphatic rings. The molecule has 0 unspecified atom stereocenters. The molecule has 2 amide bonds. The van der Waals surface area contributed by atoms with Crippen molar-refractivity contribution in [2.45, 2.75) is 6.92 Å². The molecule has 2 aromatic rings. The molecule has 0 spiro atoms. The molecule has 0 aliphatic carbocycles. The molecule has 0 atom stereocenters. The van der Waals surface area contributed by atoms with Crippen LogP contribution in [-0.2, 0) is 0 Å². The summed E-state index contributed by atoms with van der Waals surface area (Å²) in [6.45, 7) is 1.74. The Balaban J connectivity index is 2.21. The average Bonchev–Trinajstić information content (AvgIpc) is 2.75. The number of carbonyl (C=O) groups excluding carboxylic acids is 2. The fourth-order valence-electron chi connectivity index (χ4n) is 1.57. The van der Waals surface area contributed by atoms with Crippen molar-refractivity contribution in [3.8, 4) is 0 Å². The maximum absolute atomic E-state index is 11.9. The van der Waals surface area contributed by atoms with Gasteiger partial charge in [-0.25, -0.2) is 0 Å². The first-order valence-corrected chi connectivity index (χ1v) is 5.77. The van der Waals surface area contributed by atoms with Gasteiger partial charge in [-0.1, -0.05) is 11.6 Å². The standard InChI is InChI=1S/C12H11ClN4O2/c1-6-9(5-15-17-6)12(19)16-7-2-3-8(11(14)18)10(13)4-7/h2-5H,1H3,(H2,14,18)(H,15,17)(H,16,19). The quantitative estimate of drug-likeness (QED) is 0.797. The number of aryl methyl sites for hydroxylation is 1. The molecule has 0 saturated heterocycles. The number of halogens is 1. The van der Waals surface area contributed by atoms with Gasteiger partial charge in [0.1, 0.15) is 0 Å². The third-order valence-electron chi connectivity index (χ3n) is 2.57. The molecule has 1 aromatic heterocycles. The van der Waals surface area contributed by atoms with Crippen molar-refractivity contribution in [1.29, 1.82) is 0 Å². The second kappa shape index (κ2) is 5.11. The Morgan fingerprint density at radius 3 is 2.63 bits per heavy atom. The molecule has 1 aromatic carbocycles. The summed E-state index contributed by atoms with van der Waals surface area (Å²) in [5.74, 6) is -0.928. The summed E-state index contributed by atoms with van der Waals surface area (Å²) >= 11 is 5.89. The number of carbonyl (C=O) groups is 2. The maximum atomic E-state index is 11.9. The third-order valence-corrected chi connectivity index (χ3v) is 2.88. The Morgan fingerprint density at radius 2 is 2.11 bits per heavy atom. The molecule has 6 nitrogen and oxygen atoms in total. The maximum Gasteiger partial charge on any atom is 0.259 e. The van der Waals surface area contributed by atoms with Gasteiger partial charge in [0.25, 0.3) is 5.91 Å². The van der Waals surface area contributed by atoms with Gasteiger partial charge in [-0.05, 0) is 25.1 Å². The van der Waals surface area contributed by atoms with E-state index in [0.717, 1.165) is 0 Å². The summed E-state index contributed by atoms with van der Waals surface area (Å²) in [5.41, 5.74) is 6.92. The Morgan fingerprint density at radius 1 is 1.37 bits per heavy atom. The van der Waals surface area contributed by atoms with Gasteiger partial charge < -0.3 is 11.1 Å². The van der Waals surface area contributed by atoms with Crippen LogP contribution in [0.2, 0.25) is 5.02 Å². The number of anilines is 1. The van der Waals surface area contributed by atoms with E-state index in [0.29, 0.717) is 16.9 Å². The van der Waals surface area contributed by atoms with E-state index in [1.54, 1.807) is 13.0 Å². The number of nitrogens with two attached hydrogens (primary N) is 1. The highest BCUT2D eigenvalue weighted by Gasteiger charge is 2.12. The number of primary amides is 1. The topological polar surface area (TPSA) is 101 Å². The average molecular weight is 279 g/mol. The number of aromatic nitrogens is 2. The summed E-state index contributed by atoms with van der Waals surface area (Å²) in [7, 11) is 0. The second-order valence-corrected chi connectivity index (χ2v) is 4.33. The zero-order chi connectivity index (χ0) is 14.0. The molecule has 0 bridgehead atoms. The third kappa shape index (κ3) is 2.74. The van der Waals surface area contributed by atoms with Crippen molar-refractivity contribution in [3.05, 3.63) is 46.2 Å². The fraction of sp³-hybridized carbons (Fsp3) is 0.0833. The minimum absolute atomic E-state index is 0.189. The number of nitrogens with zero attached hydrogens (tertiary/aromatic N) is 1. The Bertz CT molecular complexity index is 651. The number of rotatable bonds is 3. The molecule has 0 fully saturated rings. The van der Waals surface area contributed by atoms with E-state index in [9.17, 15) is 9.59 Å². The molecule has 7 heteroatoms. The van der Waals surface area contributed by atoms with Crippen molar-refractivity contribution >= 4 is 29.1 Å². The SMILES string of the molecule is Cc1[nH]ncc1C(=O)Nc1ccc(C(N)=O)c(Cl)c1. The van der Waals surface area contributed by atoms with Crippen molar-refractivity contribution in [1.82, 2.24) is 10.2 Å². The first-order chi connectivity index (χ1) is 8.99. The Kier molecular flexibility index (Phi) is 3.52. The van der Waals surface area contributed by atoms with E-state index in [4.69, 9.17) is 17.3 Å². The van der Waals surface area contributed by atoms with Gasteiger partial charge in [0.05, 0.1) is 22.3 Å². The van der Waals surface area contributed by atoms with E-state index in [2.05, 4.69) is 15.5 Å². The molecule has 2 rings (SSSR count). The van der Waals surface area contributed by atoms with Gasteiger partial charge in [0.2, 0.25) is 5.91 Å². The van der Waals surface area contributed by atoms with Crippen LogP contribution in [0.15, 0.2) is 24.4 Å². The number of hydrogen-bond acceptors (Lipinski definition) is 3. The van der Waals surface area contributed by atoms with Crippen LogP contribution in [0.1, 0.15) is 26.4 Å². The lowest BCUT2D eigenvalue weighted by molar-refractivity contribution is 0.0998. The lowest BCUT2D eigenvalue weighted by Crippen LogP contribution is -2.14. The first kappa shape index (κ1) is 13.1. The van der Waals surface area contributed by atoms with Crippen molar-refractivity contribution < 1.29 is 9.59 Å². The molecular weight excluding hydrogens is 268 g/mol. The smallest absolute Gasteiger partial charge is 0.259 e. The van der Waals surface area contributed by atoms with Crippen LogP contribution in [-0.4, -0.2) is 22.0 Å². The zero-order valence-corrected chi connectivity index (χ0v) is 10.8. The van der Waals surface area contributed by atoms with E-state index in [-0.39, 0.29) is 16.5 Å². The molecule has 1 heterocycles. The zero-order valence-electron chi connectivity index (χ0n) is 10.0. The van der Waals surface area contributed by atoms with Gasteiger partial charge in [-0.15, -0.1) is 0 Å². The fourth-order valence-corrected chi connectivity index (χ4v) is 1.84. The van der Waals surface area contributed by atoms with Crippen LogP contribution in [0, 0.1) is 6.92 Å². The lowest BCUT2D eigenvalue weighted by Gasteiger charge is -2.06. The Hall–Kier alpha value is -2.34. The summed E-state index contributed by atoms with van der Waals surface area (Å²) in [6.07, 6.45) is 1.43. The van der Waals surface area contributed by atoms with Crippen LogP contribution < -0.4 is 11.1 Å². The van der Waals surface area contributed by atoms with E-state index >= 15 is 0 Å². The molecule has 0 radical (unpaired) electrons. The van der Waals surface area contributed by atoms with Crippen LogP contribution in [0.25, 0.3) is 0 Å². The van der Waals surface area contributed by atoms with E-state index < -0.39 is 5.91 Å². The van der Waals surface area contributed by atoms with Gasteiger partial charge in [0, 0.05) is 11.4 Å². The van der Waals surface area contributed by atoms with Crippen LogP contribution in [0.5, 0.6) is 0 Å². The number of hydrogen-bond donors (Lipinski definition) is 3. The number of aromatic amines is 1. The largest absolute Gasteiger partial charge is 0.366 e. The van der Waals surface area contributed by atoms with Crippen LogP contribution in [0.3, 0.4) is 0 Å².